The van der Waals surface area contributed by atoms with Crippen LogP contribution in [0.25, 0.3) is 0 Å². The first-order valence-corrected chi connectivity index (χ1v) is 17.1. The SMILES string of the molecule is CC.CC(Nc1c(Br)cc(SN)cc1[N+](=O)[O-])C1(F)CCC(C)(O)CC1.S[I-]S. The second-order valence-corrected chi connectivity index (χ2v) is 12.7. The van der Waals surface area contributed by atoms with Crippen LogP contribution >= 0.6 is 47.5 Å². The Morgan fingerprint density at radius 1 is 1.38 bits per heavy atom. The van der Waals surface area contributed by atoms with E-state index in [1.54, 1.807) is 19.9 Å². The van der Waals surface area contributed by atoms with Crippen molar-refractivity contribution in [1.82, 2.24) is 0 Å². The molecule has 1 unspecified atom stereocenters. The number of alkyl halides is 1. The molecule has 1 aliphatic carbocycles. The van der Waals surface area contributed by atoms with Gasteiger partial charge < -0.3 is 10.4 Å². The average Bonchev–Trinajstić information content (AvgIpc) is 2.67. The van der Waals surface area contributed by atoms with Crippen LogP contribution in [-0.4, -0.2) is 27.3 Å². The summed E-state index contributed by atoms with van der Waals surface area (Å²) in [7, 11) is 7.53. The maximum absolute atomic E-state index is 15.2. The van der Waals surface area contributed by atoms with Gasteiger partial charge in [-0.3, -0.25) is 15.3 Å². The third kappa shape index (κ3) is 9.27. The van der Waals surface area contributed by atoms with Crippen molar-refractivity contribution in [1.29, 1.82) is 0 Å². The van der Waals surface area contributed by atoms with Crippen LogP contribution in [0.4, 0.5) is 15.8 Å². The van der Waals surface area contributed by atoms with Crippen LogP contribution in [0.15, 0.2) is 21.5 Å². The van der Waals surface area contributed by atoms with Crippen LogP contribution < -0.4 is 28.9 Å². The van der Waals surface area contributed by atoms with Crippen molar-refractivity contribution in [2.24, 2.45) is 5.14 Å². The van der Waals surface area contributed by atoms with E-state index in [0.717, 1.165) is 11.9 Å². The molecule has 1 fully saturated rings. The van der Waals surface area contributed by atoms with Crippen molar-refractivity contribution in [2.75, 3.05) is 5.32 Å². The van der Waals surface area contributed by atoms with Gasteiger partial charge in [0.2, 0.25) is 0 Å². The van der Waals surface area contributed by atoms with Crippen LogP contribution in [0.5, 0.6) is 0 Å². The Morgan fingerprint density at radius 2 is 1.86 bits per heavy atom. The molecule has 1 aliphatic rings. The maximum atomic E-state index is 15.2. The molecule has 29 heavy (non-hydrogen) atoms. The van der Waals surface area contributed by atoms with E-state index in [4.69, 9.17) is 5.14 Å². The van der Waals surface area contributed by atoms with Gasteiger partial charge in [-0.1, -0.05) is 13.8 Å². The van der Waals surface area contributed by atoms with E-state index < -0.39 is 22.2 Å². The molecule has 0 heterocycles. The van der Waals surface area contributed by atoms with Crippen molar-refractivity contribution in [3.05, 3.63) is 26.7 Å². The van der Waals surface area contributed by atoms with Gasteiger partial charge in [0.1, 0.15) is 11.4 Å². The summed E-state index contributed by atoms with van der Waals surface area (Å²) in [6.45, 7) is 7.37. The van der Waals surface area contributed by atoms with E-state index in [2.05, 4.69) is 40.8 Å². The number of rotatable bonds is 5. The minimum absolute atomic E-state index is 0.0211. The molecule has 12 heteroatoms. The van der Waals surface area contributed by atoms with Gasteiger partial charge in [-0.2, -0.15) is 0 Å². The first-order chi connectivity index (χ1) is 13.5. The predicted octanol–water partition coefficient (Wildman–Crippen LogP) is 2.95. The molecule has 2 rings (SSSR count). The van der Waals surface area contributed by atoms with Crippen molar-refractivity contribution in [3.63, 3.8) is 0 Å². The van der Waals surface area contributed by atoms with Gasteiger partial charge in [-0.25, -0.2) is 4.39 Å². The molecule has 170 valence electrons. The van der Waals surface area contributed by atoms with Gasteiger partial charge in [0, 0.05) is 15.4 Å². The third-order valence-electron chi connectivity index (χ3n) is 4.67. The van der Waals surface area contributed by atoms with Crippen LogP contribution in [0.1, 0.15) is 53.4 Å². The number of nitrogens with one attached hydrogen (secondary N) is 1. The number of hydrogen-bond donors (Lipinski definition) is 5. The fourth-order valence-electron chi connectivity index (χ4n) is 2.91. The van der Waals surface area contributed by atoms with Crippen molar-refractivity contribution >= 4 is 58.9 Å². The normalized spacial score (nSPS) is 24.5. The number of thiol groups is 2. The Kier molecular flexibility index (Phi) is 14.1. The minimum atomic E-state index is -1.53. The Morgan fingerprint density at radius 3 is 2.28 bits per heavy atom. The number of nitro benzene ring substituents is 1. The third-order valence-corrected chi connectivity index (χ3v) is 5.80. The summed E-state index contributed by atoms with van der Waals surface area (Å²) in [5.41, 5.74) is -2.30. The second kappa shape index (κ2) is 13.8. The Labute approximate surface area is 203 Å². The van der Waals surface area contributed by atoms with Gasteiger partial charge >= 0.3 is 38.0 Å². The molecule has 0 amide bonds. The summed E-state index contributed by atoms with van der Waals surface area (Å²) in [6, 6.07) is 2.38. The number of anilines is 1. The van der Waals surface area contributed by atoms with Gasteiger partial charge in [-0.05, 0) is 73.5 Å². The van der Waals surface area contributed by atoms with Gasteiger partial charge in [-0.15, -0.1) is 0 Å². The van der Waals surface area contributed by atoms with Gasteiger partial charge in [0.25, 0.3) is 5.69 Å². The summed E-state index contributed by atoms with van der Waals surface area (Å²) in [5, 5.41) is 29.8. The predicted molar refractivity (Wildman–Crippen MR) is 126 cm³/mol. The van der Waals surface area contributed by atoms with E-state index in [9.17, 15) is 15.2 Å². The van der Waals surface area contributed by atoms with Crippen molar-refractivity contribution < 1.29 is 32.9 Å². The number of nitro groups is 1. The molecule has 0 aromatic heterocycles. The molecule has 1 aromatic rings. The van der Waals surface area contributed by atoms with Crippen molar-refractivity contribution in [3.8, 4) is 0 Å². The van der Waals surface area contributed by atoms with Crippen LogP contribution in [0.2, 0.25) is 0 Å². The summed E-state index contributed by atoms with van der Waals surface area (Å²) < 4.78 is 15.7. The monoisotopic (exact) mass is 644 g/mol. The van der Waals surface area contributed by atoms with E-state index in [0.29, 0.717) is 22.2 Å². The average molecular weight is 645 g/mol. The Bertz CT molecular complexity index is 664. The topological polar surface area (TPSA) is 101 Å². The summed E-state index contributed by atoms with van der Waals surface area (Å²) in [5.74, 6) is 0. The Balaban J connectivity index is 0.00000143. The van der Waals surface area contributed by atoms with E-state index in [1.165, 1.54) is 6.07 Å². The first kappa shape index (κ1) is 29.5. The van der Waals surface area contributed by atoms with E-state index in [1.807, 2.05) is 13.8 Å². The second-order valence-electron chi connectivity index (χ2n) is 6.65. The first-order valence-electron chi connectivity index (χ1n) is 8.94. The molecular formula is C17H29BrFIN3O3S3-. The quantitative estimate of drug-likeness (QED) is 0.111. The van der Waals surface area contributed by atoms with Crippen LogP contribution in [0, 0.1) is 10.1 Å². The molecule has 0 spiro atoms. The van der Waals surface area contributed by atoms with Crippen molar-refractivity contribution in [2.45, 2.75) is 75.6 Å². The summed E-state index contributed by atoms with van der Waals surface area (Å²) >= 11 is 4.18. The van der Waals surface area contributed by atoms with E-state index in [-0.39, 0.29) is 42.7 Å². The molecule has 0 bridgehead atoms. The number of aliphatic hydroxyl groups is 1. The molecule has 6 nitrogen and oxygen atoms in total. The zero-order chi connectivity index (χ0) is 22.8. The zero-order valence-corrected chi connectivity index (χ0v) is 23.1. The molecule has 1 aromatic carbocycles. The zero-order valence-electron chi connectivity index (χ0n) is 16.8. The number of nitrogens with zero attached hydrogens (tertiary/aromatic N) is 1. The summed E-state index contributed by atoms with van der Waals surface area (Å²) in [6.07, 6.45) is 1.13. The number of hydrogen-bond acceptors (Lipinski definition) is 8. The van der Waals surface area contributed by atoms with E-state index >= 15 is 4.39 Å². The molecule has 0 aliphatic heterocycles. The molecule has 1 atom stereocenters. The number of nitrogens with two attached hydrogens (primary N) is 1. The van der Waals surface area contributed by atoms with Gasteiger partial charge in [0.05, 0.1) is 16.6 Å². The number of benzene rings is 1. The van der Waals surface area contributed by atoms with Crippen LogP contribution in [0.3, 0.4) is 0 Å². The fraction of sp³-hybridized carbons (Fsp3) is 0.647. The van der Waals surface area contributed by atoms with Crippen LogP contribution in [-0.2, 0) is 0 Å². The molecule has 0 saturated heterocycles. The molecule has 0 radical (unpaired) electrons. The number of halogens is 3. The van der Waals surface area contributed by atoms with Gasteiger partial charge in [0.15, 0.2) is 0 Å². The molecule has 4 N–H and O–H groups in total. The molecule has 1 saturated carbocycles. The molecular weight excluding hydrogens is 616 g/mol. The summed E-state index contributed by atoms with van der Waals surface area (Å²) in [4.78, 5) is 11.4. The standard InChI is InChI=1S/C15H21BrFN3O3S.C2H6.H2IS2/c1-9(15(17)5-3-14(2,21)4-6-15)19-13-11(16)7-10(24-18)8-12(13)20(22)23;1-2;2-1-3/h7-9,19,21H,3-6,18H2,1-2H3;1-2H3;2-3H/q;;-1. The Hall–Kier alpha value is 0.530. The fourth-order valence-corrected chi connectivity index (χ4v) is 3.99.